The molecule has 2 bridgehead atoms. The maximum Gasteiger partial charge on any atom is 0.251 e. The van der Waals surface area contributed by atoms with Crippen molar-refractivity contribution in [3.05, 3.63) is 35.9 Å². The Balaban J connectivity index is 1.54. The van der Waals surface area contributed by atoms with Crippen molar-refractivity contribution >= 4 is 5.91 Å². The molecule has 0 aliphatic heterocycles. The number of amides is 1. The summed E-state index contributed by atoms with van der Waals surface area (Å²) in [6.45, 7) is 1.10. The van der Waals surface area contributed by atoms with Crippen LogP contribution in [-0.4, -0.2) is 37.5 Å². The van der Waals surface area contributed by atoms with Gasteiger partial charge in [0.05, 0.1) is 0 Å². The lowest BCUT2D eigenvalue weighted by Gasteiger charge is -2.40. The topological polar surface area (TPSA) is 32.3 Å². The Kier molecular flexibility index (Phi) is 3.92. The minimum absolute atomic E-state index is 0.112. The first-order valence-corrected chi connectivity index (χ1v) is 9.16. The molecule has 6 atom stereocenters. The number of hydrogen-bond acceptors (Lipinski definition) is 2. The molecule has 3 nitrogen and oxygen atoms in total. The molecule has 4 rings (SSSR count). The molecule has 1 N–H and O–H groups in total. The number of rotatable bonds is 4. The average molecular weight is 312 g/mol. The number of benzene rings is 1. The SMILES string of the molecule is CN(C)CC1C2CC(C3CCCC32)C1NC(=O)c1ccccc1. The molecule has 3 aliphatic carbocycles. The molecule has 0 heterocycles. The van der Waals surface area contributed by atoms with Crippen LogP contribution in [0.3, 0.4) is 0 Å². The van der Waals surface area contributed by atoms with Gasteiger partial charge >= 0.3 is 0 Å². The van der Waals surface area contributed by atoms with Crippen molar-refractivity contribution in [1.29, 1.82) is 0 Å². The molecule has 1 aromatic rings. The molecule has 1 aromatic carbocycles. The smallest absolute Gasteiger partial charge is 0.251 e. The fourth-order valence-corrected chi connectivity index (χ4v) is 5.94. The highest BCUT2D eigenvalue weighted by Crippen LogP contribution is 2.61. The van der Waals surface area contributed by atoms with Crippen LogP contribution in [0.5, 0.6) is 0 Å². The molecular formula is C20H28N2O. The van der Waals surface area contributed by atoms with E-state index < -0.39 is 0 Å². The second-order valence-corrected chi connectivity index (χ2v) is 8.11. The molecule has 0 radical (unpaired) electrons. The van der Waals surface area contributed by atoms with Crippen molar-refractivity contribution in [3.8, 4) is 0 Å². The largest absolute Gasteiger partial charge is 0.349 e. The number of carbonyl (C=O) groups is 1. The molecule has 124 valence electrons. The lowest BCUT2D eigenvalue weighted by molar-refractivity contribution is 0.0801. The molecule has 0 aromatic heterocycles. The van der Waals surface area contributed by atoms with Crippen LogP contribution in [0.2, 0.25) is 0 Å². The number of nitrogens with zero attached hydrogens (tertiary/aromatic N) is 1. The number of fused-ring (bicyclic) bond motifs is 5. The maximum atomic E-state index is 12.7. The molecular weight excluding hydrogens is 284 g/mol. The Labute approximate surface area is 139 Å². The number of hydrogen-bond donors (Lipinski definition) is 1. The Morgan fingerprint density at radius 2 is 1.78 bits per heavy atom. The van der Waals surface area contributed by atoms with Crippen LogP contribution >= 0.6 is 0 Å². The lowest BCUT2D eigenvalue weighted by atomic mass is 9.72. The second-order valence-electron chi connectivity index (χ2n) is 8.11. The van der Waals surface area contributed by atoms with E-state index in [0.29, 0.717) is 17.9 Å². The molecule has 1 amide bonds. The van der Waals surface area contributed by atoms with E-state index in [9.17, 15) is 4.79 Å². The molecule has 6 unspecified atom stereocenters. The summed E-state index contributed by atoms with van der Waals surface area (Å²) in [4.78, 5) is 15.0. The van der Waals surface area contributed by atoms with E-state index in [2.05, 4.69) is 24.3 Å². The molecule has 0 spiro atoms. The third kappa shape index (κ3) is 2.59. The van der Waals surface area contributed by atoms with Gasteiger partial charge in [0.15, 0.2) is 0 Å². The van der Waals surface area contributed by atoms with Crippen molar-refractivity contribution in [2.75, 3.05) is 20.6 Å². The van der Waals surface area contributed by atoms with Gasteiger partial charge in [0.2, 0.25) is 0 Å². The van der Waals surface area contributed by atoms with E-state index in [1.165, 1.54) is 25.7 Å². The van der Waals surface area contributed by atoms with E-state index in [4.69, 9.17) is 0 Å². The van der Waals surface area contributed by atoms with E-state index >= 15 is 0 Å². The zero-order valence-electron chi connectivity index (χ0n) is 14.2. The molecule has 23 heavy (non-hydrogen) atoms. The van der Waals surface area contributed by atoms with Gasteiger partial charge in [-0.3, -0.25) is 4.79 Å². The van der Waals surface area contributed by atoms with E-state index in [-0.39, 0.29) is 5.91 Å². The highest BCUT2D eigenvalue weighted by atomic mass is 16.1. The van der Waals surface area contributed by atoms with Crippen LogP contribution in [0.1, 0.15) is 36.0 Å². The highest BCUT2D eigenvalue weighted by molar-refractivity contribution is 5.94. The van der Waals surface area contributed by atoms with Crippen LogP contribution in [0.4, 0.5) is 0 Å². The molecule has 3 fully saturated rings. The zero-order chi connectivity index (χ0) is 16.0. The van der Waals surface area contributed by atoms with Crippen molar-refractivity contribution in [2.45, 2.75) is 31.7 Å². The van der Waals surface area contributed by atoms with Gasteiger partial charge in [0.1, 0.15) is 0 Å². The molecule has 0 saturated heterocycles. The van der Waals surface area contributed by atoms with Gasteiger partial charge in [-0.15, -0.1) is 0 Å². The van der Waals surface area contributed by atoms with Crippen molar-refractivity contribution in [2.24, 2.45) is 29.6 Å². The summed E-state index contributed by atoms with van der Waals surface area (Å²) >= 11 is 0. The first-order valence-electron chi connectivity index (χ1n) is 9.16. The Morgan fingerprint density at radius 1 is 1.09 bits per heavy atom. The normalized spacial score (nSPS) is 38.0. The summed E-state index contributed by atoms with van der Waals surface area (Å²) in [5.74, 6) is 4.10. The summed E-state index contributed by atoms with van der Waals surface area (Å²) in [7, 11) is 4.32. The summed E-state index contributed by atoms with van der Waals surface area (Å²) < 4.78 is 0. The standard InChI is InChI=1S/C20H28N2O/c1-22(2)12-18-16-11-17(15-10-6-9-14(15)16)19(18)21-20(23)13-7-4-3-5-8-13/h3-5,7-8,14-19H,6,9-12H2,1-2H3,(H,21,23). The van der Waals surface area contributed by atoms with Crippen LogP contribution in [-0.2, 0) is 0 Å². The minimum Gasteiger partial charge on any atom is -0.349 e. The maximum absolute atomic E-state index is 12.7. The average Bonchev–Trinajstić information content (AvgIpc) is 3.21. The van der Waals surface area contributed by atoms with Crippen LogP contribution < -0.4 is 5.32 Å². The third-order valence-corrected chi connectivity index (χ3v) is 6.65. The predicted molar refractivity (Wildman–Crippen MR) is 92.2 cm³/mol. The van der Waals surface area contributed by atoms with Gasteiger partial charge in [-0.1, -0.05) is 24.6 Å². The van der Waals surface area contributed by atoms with Crippen LogP contribution in [0, 0.1) is 29.6 Å². The Hall–Kier alpha value is -1.35. The summed E-state index contributed by atoms with van der Waals surface area (Å²) in [6, 6.07) is 10.1. The summed E-state index contributed by atoms with van der Waals surface area (Å²) in [6.07, 6.45) is 5.55. The quantitative estimate of drug-likeness (QED) is 0.927. The first-order chi connectivity index (χ1) is 11.1. The van der Waals surface area contributed by atoms with E-state index in [1.54, 1.807) is 0 Å². The van der Waals surface area contributed by atoms with E-state index in [0.717, 1.165) is 29.9 Å². The molecule has 3 aliphatic rings. The Bertz CT molecular complexity index is 570. The predicted octanol–water partition coefficient (Wildman–Crippen LogP) is 3.03. The molecule has 3 heteroatoms. The van der Waals surface area contributed by atoms with Gasteiger partial charge in [0.25, 0.3) is 5.91 Å². The van der Waals surface area contributed by atoms with Gasteiger partial charge in [-0.05, 0) is 75.1 Å². The van der Waals surface area contributed by atoms with Gasteiger partial charge in [-0.2, -0.15) is 0 Å². The molecule has 3 saturated carbocycles. The van der Waals surface area contributed by atoms with Gasteiger partial charge in [-0.25, -0.2) is 0 Å². The summed E-state index contributed by atoms with van der Waals surface area (Å²) in [5.41, 5.74) is 0.793. The van der Waals surface area contributed by atoms with Crippen molar-refractivity contribution in [1.82, 2.24) is 10.2 Å². The number of carbonyl (C=O) groups excluding carboxylic acids is 1. The fourth-order valence-electron chi connectivity index (χ4n) is 5.94. The monoisotopic (exact) mass is 312 g/mol. The van der Waals surface area contributed by atoms with Crippen LogP contribution in [0.25, 0.3) is 0 Å². The van der Waals surface area contributed by atoms with Crippen molar-refractivity contribution < 1.29 is 4.79 Å². The van der Waals surface area contributed by atoms with Gasteiger partial charge in [0, 0.05) is 18.2 Å². The third-order valence-electron chi connectivity index (χ3n) is 6.65. The second kappa shape index (κ2) is 5.94. The van der Waals surface area contributed by atoms with Crippen molar-refractivity contribution in [3.63, 3.8) is 0 Å². The highest BCUT2D eigenvalue weighted by Gasteiger charge is 2.58. The Morgan fingerprint density at radius 3 is 2.48 bits per heavy atom. The van der Waals surface area contributed by atoms with E-state index in [1.807, 2.05) is 30.3 Å². The summed E-state index contributed by atoms with van der Waals surface area (Å²) in [5, 5.41) is 3.43. The van der Waals surface area contributed by atoms with Gasteiger partial charge < -0.3 is 10.2 Å². The first kappa shape index (κ1) is 15.2. The van der Waals surface area contributed by atoms with Crippen LogP contribution in [0.15, 0.2) is 30.3 Å². The minimum atomic E-state index is 0.112. The number of nitrogens with one attached hydrogen (secondary N) is 1. The zero-order valence-corrected chi connectivity index (χ0v) is 14.2. The lowest BCUT2D eigenvalue weighted by Crippen LogP contribution is -2.50. The fraction of sp³-hybridized carbons (Fsp3) is 0.650.